The number of hydrogen-bond acceptors (Lipinski definition) is 8. The van der Waals surface area contributed by atoms with Crippen molar-refractivity contribution in [2.24, 2.45) is 28.6 Å². The summed E-state index contributed by atoms with van der Waals surface area (Å²) in [4.78, 5) is 12.0. The molecule has 2 aliphatic carbocycles. The molecule has 0 aromatic heterocycles. The van der Waals surface area contributed by atoms with E-state index in [1.165, 1.54) is 6.92 Å². The van der Waals surface area contributed by atoms with E-state index in [1.807, 2.05) is 0 Å². The molecule has 0 radical (unpaired) electrons. The van der Waals surface area contributed by atoms with Crippen LogP contribution in [0.25, 0.3) is 0 Å². The topological polar surface area (TPSA) is 107 Å². The molecule has 8 heteroatoms. The Balaban J connectivity index is 1.42. The van der Waals surface area contributed by atoms with Crippen molar-refractivity contribution in [1.29, 1.82) is 0 Å². The molecule has 2 spiro atoms. The number of carbonyl (C=O) groups is 1. The highest BCUT2D eigenvalue weighted by atomic mass is 16.7. The molecular weight excluding hydrogens is 392 g/mol. The van der Waals surface area contributed by atoms with Crippen LogP contribution < -0.4 is 0 Å². The van der Waals surface area contributed by atoms with E-state index in [0.717, 1.165) is 19.3 Å². The highest BCUT2D eigenvalue weighted by Crippen LogP contribution is 2.73. The van der Waals surface area contributed by atoms with Gasteiger partial charge in [0.1, 0.15) is 11.7 Å². The van der Waals surface area contributed by atoms with E-state index < -0.39 is 29.7 Å². The largest absolute Gasteiger partial charge is 0.462 e. The molecule has 0 aromatic rings. The number of fused-ring (bicyclic) bond motifs is 2. The van der Waals surface area contributed by atoms with Crippen molar-refractivity contribution in [2.45, 2.75) is 95.7 Å². The summed E-state index contributed by atoms with van der Waals surface area (Å²) in [6, 6.07) is 0. The summed E-state index contributed by atoms with van der Waals surface area (Å²) >= 11 is 0. The molecular formula is C22H32O8. The molecule has 7 fully saturated rings. The smallest absolute Gasteiger partial charge is 0.302 e. The summed E-state index contributed by atoms with van der Waals surface area (Å²) in [7, 11) is 0. The normalized spacial score (nSPS) is 61.0. The zero-order chi connectivity index (χ0) is 21.1. The Morgan fingerprint density at radius 3 is 2.53 bits per heavy atom. The fraction of sp³-hybridized carbons (Fsp3) is 0.955. The number of aliphatic hydroxyl groups is 2. The van der Waals surface area contributed by atoms with Gasteiger partial charge in [0.25, 0.3) is 0 Å². The van der Waals surface area contributed by atoms with Crippen molar-refractivity contribution in [3.63, 3.8) is 0 Å². The third-order valence-electron chi connectivity index (χ3n) is 9.56. The maximum absolute atomic E-state index is 12.0. The summed E-state index contributed by atoms with van der Waals surface area (Å²) in [6.07, 6.45) is 0.824. The van der Waals surface area contributed by atoms with Crippen LogP contribution in [-0.2, 0) is 28.5 Å². The molecule has 8 nitrogen and oxygen atoms in total. The van der Waals surface area contributed by atoms with E-state index in [1.54, 1.807) is 0 Å². The summed E-state index contributed by atoms with van der Waals surface area (Å²) in [5, 5.41) is 21.1. The maximum Gasteiger partial charge on any atom is 0.302 e. The van der Waals surface area contributed by atoms with Crippen molar-refractivity contribution in [3.8, 4) is 0 Å². The SMILES string of the molecule is CC(=O)O[C@H]1C[C@@H](C)[C@](C)([C@@H]2C[C@H]3C[C@@H](O)O[C@H]3O2)[C@H]2C[C@@H]3C[C@]4(CO4)[C@]12[C@@H](O)O3. The third-order valence-corrected chi connectivity index (χ3v) is 9.56. The number of rotatable bonds is 2. The quantitative estimate of drug-likeness (QED) is 0.505. The lowest BCUT2D eigenvalue weighted by Crippen LogP contribution is -2.76. The average Bonchev–Trinajstić information content (AvgIpc) is 3.15. The standard InChI is InChI=1S/C22H32O8/c1-10-4-16(27-11(2)23)22-14(7-13(28-19(22)25)8-21(22)9-26-21)20(10,3)15-5-12-6-17(24)30-18(12)29-15/h10,12-19,24-25H,4-9H2,1-3H3/t10-,12+,13-,14-,15+,16+,17+,18-,19+,20+,21+,22+/m1/s1. The molecule has 7 rings (SSSR count). The fourth-order valence-electron chi connectivity index (χ4n) is 8.04. The Kier molecular flexibility index (Phi) is 4.09. The van der Waals surface area contributed by atoms with E-state index in [4.69, 9.17) is 23.7 Å². The van der Waals surface area contributed by atoms with Crippen molar-refractivity contribution in [1.82, 2.24) is 0 Å². The molecule has 5 heterocycles. The molecule has 2 N–H and O–H groups in total. The molecule has 12 atom stereocenters. The van der Waals surface area contributed by atoms with Crippen molar-refractivity contribution >= 4 is 5.97 Å². The summed E-state index contributed by atoms with van der Waals surface area (Å²) in [6.45, 7) is 6.46. The molecule has 168 valence electrons. The summed E-state index contributed by atoms with van der Waals surface area (Å²) in [5.41, 5.74) is -1.56. The number of hydrogen-bond donors (Lipinski definition) is 2. The van der Waals surface area contributed by atoms with E-state index in [-0.39, 0.29) is 47.6 Å². The minimum Gasteiger partial charge on any atom is -0.462 e. The van der Waals surface area contributed by atoms with Crippen LogP contribution in [0.2, 0.25) is 0 Å². The second-order valence-electron chi connectivity index (χ2n) is 10.7. The Hall–Kier alpha value is -0.770. The van der Waals surface area contributed by atoms with E-state index in [2.05, 4.69) is 13.8 Å². The van der Waals surface area contributed by atoms with Gasteiger partial charge in [-0.2, -0.15) is 0 Å². The van der Waals surface area contributed by atoms with E-state index >= 15 is 0 Å². The highest BCUT2D eigenvalue weighted by molar-refractivity contribution is 5.66. The zero-order valence-electron chi connectivity index (χ0n) is 17.8. The van der Waals surface area contributed by atoms with Gasteiger partial charge in [0, 0.05) is 31.1 Å². The van der Waals surface area contributed by atoms with Crippen LogP contribution in [0.3, 0.4) is 0 Å². The van der Waals surface area contributed by atoms with Crippen molar-refractivity contribution < 1.29 is 38.7 Å². The second-order valence-corrected chi connectivity index (χ2v) is 10.7. The number of aliphatic hydroxyl groups excluding tert-OH is 2. The lowest BCUT2D eigenvalue weighted by atomic mass is 9.40. The lowest BCUT2D eigenvalue weighted by Gasteiger charge is -2.68. The van der Waals surface area contributed by atoms with Crippen LogP contribution in [0.5, 0.6) is 0 Å². The van der Waals surface area contributed by atoms with E-state index in [0.29, 0.717) is 19.4 Å². The first-order chi connectivity index (χ1) is 14.2. The first-order valence-electron chi connectivity index (χ1n) is 11.3. The van der Waals surface area contributed by atoms with Gasteiger partial charge < -0.3 is 33.9 Å². The summed E-state index contributed by atoms with van der Waals surface area (Å²) in [5.74, 6) is 0.0725. The first kappa shape index (κ1) is 19.9. The second kappa shape index (κ2) is 6.17. The predicted molar refractivity (Wildman–Crippen MR) is 101 cm³/mol. The molecule has 5 saturated heterocycles. The molecule has 0 unspecified atom stereocenters. The van der Waals surface area contributed by atoms with Gasteiger partial charge in [-0.3, -0.25) is 4.79 Å². The van der Waals surface area contributed by atoms with Gasteiger partial charge in [0.05, 0.1) is 24.2 Å². The molecule has 7 aliphatic rings. The number of epoxide rings is 1. The van der Waals surface area contributed by atoms with Crippen LogP contribution >= 0.6 is 0 Å². The number of esters is 1. The zero-order valence-corrected chi connectivity index (χ0v) is 17.8. The highest BCUT2D eigenvalue weighted by Gasteiger charge is 2.82. The number of ether oxygens (including phenoxy) is 5. The predicted octanol–water partition coefficient (Wildman–Crippen LogP) is 1.32. The molecule has 30 heavy (non-hydrogen) atoms. The van der Waals surface area contributed by atoms with Gasteiger partial charge in [-0.1, -0.05) is 13.8 Å². The van der Waals surface area contributed by atoms with Crippen LogP contribution in [0.4, 0.5) is 0 Å². The van der Waals surface area contributed by atoms with Crippen molar-refractivity contribution in [3.05, 3.63) is 0 Å². The van der Waals surface area contributed by atoms with Gasteiger partial charge in [-0.05, 0) is 31.1 Å². The average molecular weight is 424 g/mol. The minimum atomic E-state index is -1.03. The van der Waals surface area contributed by atoms with Gasteiger partial charge >= 0.3 is 5.97 Å². The lowest BCUT2D eigenvalue weighted by molar-refractivity contribution is -0.375. The Bertz CT molecular complexity index is 739. The molecule has 0 amide bonds. The van der Waals surface area contributed by atoms with Crippen LogP contribution in [0.1, 0.15) is 52.9 Å². The Labute approximate surface area is 176 Å². The van der Waals surface area contributed by atoms with E-state index in [9.17, 15) is 15.0 Å². The molecule has 0 aromatic carbocycles. The Morgan fingerprint density at radius 2 is 1.87 bits per heavy atom. The van der Waals surface area contributed by atoms with Crippen LogP contribution in [0.15, 0.2) is 0 Å². The summed E-state index contributed by atoms with van der Waals surface area (Å²) < 4.78 is 30.0. The number of carbonyl (C=O) groups excluding carboxylic acids is 1. The van der Waals surface area contributed by atoms with Crippen molar-refractivity contribution in [2.75, 3.05) is 6.61 Å². The van der Waals surface area contributed by atoms with Gasteiger partial charge in [0.15, 0.2) is 18.9 Å². The molecule has 2 bridgehead atoms. The Morgan fingerprint density at radius 1 is 1.10 bits per heavy atom. The third kappa shape index (κ3) is 2.30. The minimum absolute atomic E-state index is 0.0249. The fourth-order valence-corrected chi connectivity index (χ4v) is 8.04. The maximum atomic E-state index is 12.0. The molecule has 5 aliphatic heterocycles. The first-order valence-corrected chi connectivity index (χ1v) is 11.3. The van der Waals surface area contributed by atoms with Gasteiger partial charge in [0.2, 0.25) is 0 Å². The van der Waals surface area contributed by atoms with Crippen LogP contribution in [-0.4, -0.2) is 65.6 Å². The van der Waals surface area contributed by atoms with Crippen LogP contribution in [0, 0.1) is 28.6 Å². The monoisotopic (exact) mass is 424 g/mol. The van der Waals surface area contributed by atoms with Gasteiger partial charge in [-0.25, -0.2) is 0 Å². The molecule has 2 saturated carbocycles. The van der Waals surface area contributed by atoms with Gasteiger partial charge in [-0.15, -0.1) is 0 Å².